The highest BCUT2D eigenvalue weighted by atomic mass is 35.5. The van der Waals surface area contributed by atoms with Gasteiger partial charge in [-0.2, -0.15) is 0 Å². The molecule has 17 heavy (non-hydrogen) atoms. The molecule has 2 N–H and O–H groups in total. The molecule has 0 aliphatic heterocycles. The van der Waals surface area contributed by atoms with Crippen molar-refractivity contribution in [3.8, 4) is 11.3 Å². The molecule has 3 nitrogen and oxygen atoms in total. The van der Waals surface area contributed by atoms with Crippen LogP contribution in [0.1, 0.15) is 0 Å². The number of furan rings is 1. The van der Waals surface area contributed by atoms with E-state index < -0.39 is 0 Å². The first-order chi connectivity index (χ1) is 8.22. The third kappa shape index (κ3) is 1.85. The molecular formula is C13H9ClN2O. The van der Waals surface area contributed by atoms with Crippen LogP contribution in [-0.2, 0) is 0 Å². The first kappa shape index (κ1) is 10.2. The van der Waals surface area contributed by atoms with E-state index in [1.165, 1.54) is 0 Å². The summed E-state index contributed by atoms with van der Waals surface area (Å²) in [6.45, 7) is 0. The standard InChI is InChI=1S/C13H9ClN2O/c14-10-1-2-11-9(5-10)6-12(17-11)8-3-4-16-13(15)7-8/h1-7H,(H2,15,16). The Balaban J connectivity index is 2.18. The molecule has 4 heteroatoms. The van der Waals surface area contributed by atoms with Crippen molar-refractivity contribution in [2.24, 2.45) is 0 Å². The van der Waals surface area contributed by atoms with E-state index in [9.17, 15) is 0 Å². The first-order valence-corrected chi connectivity index (χ1v) is 5.51. The Kier molecular flexibility index (Phi) is 2.27. The summed E-state index contributed by atoms with van der Waals surface area (Å²) in [5.41, 5.74) is 7.35. The Labute approximate surface area is 103 Å². The molecule has 0 aliphatic carbocycles. The van der Waals surface area contributed by atoms with E-state index in [0.717, 1.165) is 22.3 Å². The lowest BCUT2D eigenvalue weighted by Crippen LogP contribution is -1.88. The molecule has 1 aromatic carbocycles. The normalized spacial score (nSPS) is 10.9. The topological polar surface area (TPSA) is 52.0 Å². The summed E-state index contributed by atoms with van der Waals surface area (Å²) >= 11 is 5.93. The number of anilines is 1. The molecule has 0 atom stereocenters. The SMILES string of the molecule is Nc1cc(-c2cc3cc(Cl)ccc3o2)ccn1. The molecule has 0 saturated heterocycles. The Hall–Kier alpha value is -2.00. The fraction of sp³-hybridized carbons (Fsp3) is 0. The zero-order chi connectivity index (χ0) is 11.8. The molecule has 84 valence electrons. The van der Waals surface area contributed by atoms with Crippen LogP contribution in [-0.4, -0.2) is 4.98 Å². The molecule has 0 unspecified atom stereocenters. The van der Waals surface area contributed by atoms with Gasteiger partial charge >= 0.3 is 0 Å². The predicted molar refractivity (Wildman–Crippen MR) is 68.9 cm³/mol. The van der Waals surface area contributed by atoms with Crippen LogP contribution in [0.5, 0.6) is 0 Å². The van der Waals surface area contributed by atoms with Crippen molar-refractivity contribution >= 4 is 28.4 Å². The molecule has 2 aromatic heterocycles. The molecule has 0 bridgehead atoms. The molecule has 2 heterocycles. The van der Waals surface area contributed by atoms with Crippen LogP contribution in [0.25, 0.3) is 22.3 Å². The summed E-state index contributed by atoms with van der Waals surface area (Å²) in [5.74, 6) is 1.23. The van der Waals surface area contributed by atoms with E-state index in [-0.39, 0.29) is 0 Å². The third-order valence-corrected chi connectivity index (χ3v) is 2.78. The Morgan fingerprint density at radius 3 is 2.82 bits per heavy atom. The number of rotatable bonds is 1. The van der Waals surface area contributed by atoms with Crippen LogP contribution in [0.15, 0.2) is 47.0 Å². The minimum Gasteiger partial charge on any atom is -0.456 e. The van der Waals surface area contributed by atoms with Crippen LogP contribution in [0.3, 0.4) is 0 Å². The Morgan fingerprint density at radius 1 is 1.12 bits per heavy atom. The third-order valence-electron chi connectivity index (χ3n) is 2.54. The van der Waals surface area contributed by atoms with Crippen LogP contribution in [0, 0.1) is 0 Å². The summed E-state index contributed by atoms with van der Waals surface area (Å²) in [6, 6.07) is 11.1. The molecule has 0 spiro atoms. The fourth-order valence-corrected chi connectivity index (χ4v) is 1.94. The monoisotopic (exact) mass is 244 g/mol. The lowest BCUT2D eigenvalue weighted by atomic mass is 10.2. The van der Waals surface area contributed by atoms with Gasteiger partial charge in [-0.05, 0) is 36.4 Å². The number of aromatic nitrogens is 1. The lowest BCUT2D eigenvalue weighted by Gasteiger charge is -1.96. The van der Waals surface area contributed by atoms with E-state index in [1.54, 1.807) is 18.3 Å². The smallest absolute Gasteiger partial charge is 0.135 e. The van der Waals surface area contributed by atoms with E-state index in [4.69, 9.17) is 21.8 Å². The molecule has 3 aromatic rings. The predicted octanol–water partition coefficient (Wildman–Crippen LogP) is 3.73. The van der Waals surface area contributed by atoms with Crippen molar-refractivity contribution in [2.45, 2.75) is 0 Å². The molecule has 0 aliphatic rings. The van der Waals surface area contributed by atoms with Crippen LogP contribution in [0.2, 0.25) is 5.02 Å². The van der Waals surface area contributed by atoms with E-state index in [0.29, 0.717) is 10.8 Å². The fourth-order valence-electron chi connectivity index (χ4n) is 1.76. The van der Waals surface area contributed by atoms with Crippen molar-refractivity contribution < 1.29 is 4.42 Å². The second kappa shape index (κ2) is 3.79. The van der Waals surface area contributed by atoms with Gasteiger partial charge in [0.15, 0.2) is 0 Å². The Morgan fingerprint density at radius 2 is 2.00 bits per heavy atom. The minimum atomic E-state index is 0.473. The van der Waals surface area contributed by atoms with Gasteiger partial charge in [0.25, 0.3) is 0 Å². The quantitative estimate of drug-likeness (QED) is 0.710. The van der Waals surface area contributed by atoms with Crippen LogP contribution in [0.4, 0.5) is 5.82 Å². The molecule has 0 amide bonds. The van der Waals surface area contributed by atoms with Crippen molar-refractivity contribution in [1.82, 2.24) is 4.98 Å². The van der Waals surface area contributed by atoms with Gasteiger partial charge in [-0.25, -0.2) is 4.98 Å². The van der Waals surface area contributed by atoms with E-state index in [1.807, 2.05) is 24.3 Å². The van der Waals surface area contributed by atoms with Crippen LogP contribution < -0.4 is 5.73 Å². The highest BCUT2D eigenvalue weighted by Crippen LogP contribution is 2.29. The number of hydrogen-bond acceptors (Lipinski definition) is 3. The van der Waals surface area contributed by atoms with Crippen molar-refractivity contribution in [3.63, 3.8) is 0 Å². The van der Waals surface area contributed by atoms with Crippen molar-refractivity contribution in [3.05, 3.63) is 47.6 Å². The number of benzene rings is 1. The molecule has 0 saturated carbocycles. The number of nitrogen functional groups attached to an aromatic ring is 1. The van der Waals surface area contributed by atoms with E-state index in [2.05, 4.69) is 4.98 Å². The number of nitrogens with zero attached hydrogens (tertiary/aromatic N) is 1. The summed E-state index contributed by atoms with van der Waals surface area (Å²) in [4.78, 5) is 3.95. The zero-order valence-electron chi connectivity index (χ0n) is 8.85. The number of nitrogens with two attached hydrogens (primary N) is 1. The second-order valence-electron chi connectivity index (χ2n) is 3.76. The lowest BCUT2D eigenvalue weighted by molar-refractivity contribution is 0.631. The second-order valence-corrected chi connectivity index (χ2v) is 4.20. The number of fused-ring (bicyclic) bond motifs is 1. The molecule has 0 fully saturated rings. The van der Waals surface area contributed by atoms with Gasteiger partial charge in [-0.15, -0.1) is 0 Å². The van der Waals surface area contributed by atoms with Gasteiger partial charge in [0.05, 0.1) is 0 Å². The van der Waals surface area contributed by atoms with Gasteiger partial charge in [0.1, 0.15) is 17.2 Å². The first-order valence-electron chi connectivity index (χ1n) is 5.13. The summed E-state index contributed by atoms with van der Waals surface area (Å²) in [5, 5.41) is 1.67. The molecule has 0 radical (unpaired) electrons. The average Bonchev–Trinajstić information content (AvgIpc) is 2.72. The minimum absolute atomic E-state index is 0.473. The number of pyridine rings is 1. The summed E-state index contributed by atoms with van der Waals surface area (Å²) in [7, 11) is 0. The zero-order valence-corrected chi connectivity index (χ0v) is 9.61. The van der Waals surface area contributed by atoms with Crippen molar-refractivity contribution in [1.29, 1.82) is 0 Å². The van der Waals surface area contributed by atoms with Gasteiger partial charge in [-0.3, -0.25) is 0 Å². The van der Waals surface area contributed by atoms with Gasteiger partial charge in [0, 0.05) is 22.2 Å². The molecule has 3 rings (SSSR count). The van der Waals surface area contributed by atoms with Gasteiger partial charge in [-0.1, -0.05) is 11.6 Å². The number of hydrogen-bond donors (Lipinski definition) is 1. The molecular weight excluding hydrogens is 236 g/mol. The maximum absolute atomic E-state index is 5.93. The van der Waals surface area contributed by atoms with Gasteiger partial charge in [0.2, 0.25) is 0 Å². The largest absolute Gasteiger partial charge is 0.456 e. The summed E-state index contributed by atoms with van der Waals surface area (Å²) in [6.07, 6.45) is 1.66. The van der Waals surface area contributed by atoms with Gasteiger partial charge < -0.3 is 10.2 Å². The van der Waals surface area contributed by atoms with Crippen LogP contribution >= 0.6 is 11.6 Å². The summed E-state index contributed by atoms with van der Waals surface area (Å²) < 4.78 is 5.72. The van der Waals surface area contributed by atoms with E-state index >= 15 is 0 Å². The Bertz CT molecular complexity index is 691. The maximum atomic E-state index is 5.93. The number of halogens is 1. The average molecular weight is 245 g/mol. The van der Waals surface area contributed by atoms with Crippen molar-refractivity contribution in [2.75, 3.05) is 5.73 Å². The highest BCUT2D eigenvalue weighted by molar-refractivity contribution is 6.31. The highest BCUT2D eigenvalue weighted by Gasteiger charge is 2.06. The maximum Gasteiger partial charge on any atom is 0.135 e.